The first-order valence-electron chi connectivity index (χ1n) is 6.97. The van der Waals surface area contributed by atoms with Gasteiger partial charge >= 0.3 is 0 Å². The van der Waals surface area contributed by atoms with Crippen LogP contribution in [-0.4, -0.2) is 9.66 Å². The minimum absolute atomic E-state index is 0.451. The Labute approximate surface area is 127 Å². The van der Waals surface area contributed by atoms with Crippen molar-refractivity contribution >= 4 is 21.7 Å². The van der Waals surface area contributed by atoms with Crippen LogP contribution < -0.4 is 11.6 Å². The van der Waals surface area contributed by atoms with Crippen molar-refractivity contribution in [2.75, 3.05) is 11.6 Å². The van der Waals surface area contributed by atoms with Crippen molar-refractivity contribution in [2.45, 2.75) is 38.5 Å². The highest BCUT2D eigenvalue weighted by atomic mass is 79.9. The number of anilines is 1. The average Bonchev–Trinajstić information content (AvgIpc) is 3.04. The lowest BCUT2D eigenvalue weighted by atomic mass is 10.1. The van der Waals surface area contributed by atoms with Crippen LogP contribution in [-0.2, 0) is 0 Å². The van der Waals surface area contributed by atoms with Crippen molar-refractivity contribution in [1.29, 1.82) is 0 Å². The Morgan fingerprint density at radius 2 is 2.00 bits per heavy atom. The summed E-state index contributed by atoms with van der Waals surface area (Å²) in [4.78, 5) is 4.73. The van der Waals surface area contributed by atoms with E-state index in [1.165, 1.54) is 12.8 Å². The van der Waals surface area contributed by atoms with E-state index in [1.807, 2.05) is 12.1 Å². The summed E-state index contributed by atoms with van der Waals surface area (Å²) in [5, 5.41) is 0. The molecule has 1 heterocycles. The lowest BCUT2D eigenvalue weighted by Crippen LogP contribution is -2.17. The molecule has 0 amide bonds. The molecule has 0 radical (unpaired) electrons. The van der Waals surface area contributed by atoms with Crippen LogP contribution in [0.3, 0.4) is 0 Å². The van der Waals surface area contributed by atoms with Gasteiger partial charge in [-0.3, -0.25) is 0 Å². The maximum atomic E-state index is 6.15. The molecule has 4 N–H and O–H groups in total. The highest BCUT2D eigenvalue weighted by Crippen LogP contribution is 2.36. The van der Waals surface area contributed by atoms with Gasteiger partial charge in [-0.25, -0.2) is 9.66 Å². The van der Waals surface area contributed by atoms with Crippen molar-refractivity contribution < 1.29 is 0 Å². The number of rotatable bonds is 2. The highest BCUT2D eigenvalue weighted by Gasteiger charge is 2.25. The fraction of sp³-hybridized carbons (Fsp3) is 0.400. The minimum atomic E-state index is 0.451. The van der Waals surface area contributed by atoms with Crippen LogP contribution >= 0.6 is 15.9 Å². The number of hydrogen-bond acceptors (Lipinski definition) is 3. The van der Waals surface area contributed by atoms with E-state index in [1.54, 1.807) is 4.68 Å². The van der Waals surface area contributed by atoms with E-state index >= 15 is 0 Å². The van der Waals surface area contributed by atoms with Crippen molar-refractivity contribution in [3.05, 3.63) is 34.1 Å². The summed E-state index contributed by atoms with van der Waals surface area (Å²) in [5.74, 6) is 8.04. The van der Waals surface area contributed by atoms with Gasteiger partial charge in [-0.2, -0.15) is 0 Å². The normalized spacial score (nSPS) is 15.9. The van der Waals surface area contributed by atoms with Crippen molar-refractivity contribution in [2.24, 2.45) is 0 Å². The Kier molecular flexibility index (Phi) is 3.46. The number of nitrogens with two attached hydrogens (primary N) is 2. The van der Waals surface area contributed by atoms with E-state index in [2.05, 4.69) is 28.9 Å². The van der Waals surface area contributed by atoms with E-state index in [-0.39, 0.29) is 0 Å². The Balaban J connectivity index is 2.05. The maximum Gasteiger partial charge on any atom is 0.150 e. The molecule has 20 heavy (non-hydrogen) atoms. The van der Waals surface area contributed by atoms with E-state index in [0.29, 0.717) is 11.7 Å². The predicted octanol–water partition coefficient (Wildman–Crippen LogP) is 3.57. The van der Waals surface area contributed by atoms with Gasteiger partial charge in [0, 0.05) is 16.0 Å². The summed E-state index contributed by atoms with van der Waals surface area (Å²) in [6.07, 6.45) is 4.83. The molecule has 0 aliphatic heterocycles. The van der Waals surface area contributed by atoms with Crippen LogP contribution in [0, 0.1) is 6.92 Å². The van der Waals surface area contributed by atoms with Crippen molar-refractivity contribution in [3.63, 3.8) is 0 Å². The number of aromatic nitrogens is 2. The average molecular weight is 335 g/mol. The SMILES string of the molecule is Cc1cc(-c2nc(C3CCCC3)n(N)c2N)ccc1Br. The van der Waals surface area contributed by atoms with Gasteiger partial charge in [0.15, 0.2) is 5.82 Å². The first-order valence-corrected chi connectivity index (χ1v) is 7.77. The van der Waals surface area contributed by atoms with Crippen LogP contribution in [0.5, 0.6) is 0 Å². The summed E-state index contributed by atoms with van der Waals surface area (Å²) in [7, 11) is 0. The molecule has 1 aromatic carbocycles. The summed E-state index contributed by atoms with van der Waals surface area (Å²) < 4.78 is 2.66. The van der Waals surface area contributed by atoms with Crippen LogP contribution in [0.25, 0.3) is 11.3 Å². The number of halogens is 1. The van der Waals surface area contributed by atoms with E-state index < -0.39 is 0 Å². The zero-order valence-corrected chi connectivity index (χ0v) is 13.2. The molecule has 1 aliphatic carbocycles. The van der Waals surface area contributed by atoms with Gasteiger partial charge in [0.25, 0.3) is 0 Å². The third-order valence-electron chi connectivity index (χ3n) is 4.13. The Hall–Kier alpha value is -1.49. The van der Waals surface area contributed by atoms with Crippen LogP contribution in [0.15, 0.2) is 22.7 Å². The quantitative estimate of drug-likeness (QED) is 0.824. The number of imidazole rings is 1. The molecular weight excluding hydrogens is 316 g/mol. The third kappa shape index (κ3) is 2.20. The molecule has 3 rings (SSSR count). The first kappa shape index (κ1) is 13.5. The molecule has 2 aromatic rings. The molecule has 0 bridgehead atoms. The largest absolute Gasteiger partial charge is 0.382 e. The fourth-order valence-electron chi connectivity index (χ4n) is 2.94. The number of nitrogens with zero attached hydrogens (tertiary/aromatic N) is 2. The Morgan fingerprint density at radius 1 is 1.30 bits per heavy atom. The Morgan fingerprint density at radius 3 is 2.65 bits per heavy atom. The standard InChI is InChI=1S/C15H19BrN4/c1-9-8-11(6-7-12(9)16)13-14(17)20(18)15(19-13)10-4-2-3-5-10/h6-8,10H,2-5,17-18H2,1H3. The molecule has 0 unspecified atom stereocenters. The number of hydrogen-bond donors (Lipinski definition) is 2. The van der Waals surface area contributed by atoms with Gasteiger partial charge in [-0.05, 0) is 37.5 Å². The molecule has 0 saturated heterocycles. The smallest absolute Gasteiger partial charge is 0.150 e. The van der Waals surface area contributed by atoms with Gasteiger partial charge in [-0.1, -0.05) is 34.8 Å². The van der Waals surface area contributed by atoms with Crippen LogP contribution in [0.1, 0.15) is 43.0 Å². The Bertz CT molecular complexity index is 642. The maximum absolute atomic E-state index is 6.15. The lowest BCUT2D eigenvalue weighted by molar-refractivity contribution is 0.648. The van der Waals surface area contributed by atoms with Crippen molar-refractivity contribution in [3.8, 4) is 11.3 Å². The summed E-state index contributed by atoms with van der Waals surface area (Å²) in [6, 6.07) is 6.13. The van der Waals surface area contributed by atoms with E-state index in [4.69, 9.17) is 16.6 Å². The molecule has 1 aliphatic rings. The molecule has 1 aromatic heterocycles. The van der Waals surface area contributed by atoms with Gasteiger partial charge < -0.3 is 11.6 Å². The second kappa shape index (κ2) is 5.13. The monoisotopic (exact) mass is 334 g/mol. The number of aryl methyl sites for hydroxylation is 1. The van der Waals surface area contributed by atoms with Crippen LogP contribution in [0.4, 0.5) is 5.82 Å². The van der Waals surface area contributed by atoms with Crippen molar-refractivity contribution in [1.82, 2.24) is 9.66 Å². The second-order valence-electron chi connectivity index (χ2n) is 5.52. The molecule has 1 saturated carbocycles. The highest BCUT2D eigenvalue weighted by molar-refractivity contribution is 9.10. The number of nitrogen functional groups attached to an aromatic ring is 2. The first-order chi connectivity index (χ1) is 9.58. The van der Waals surface area contributed by atoms with Gasteiger partial charge in [0.2, 0.25) is 0 Å². The molecular formula is C15H19BrN4. The summed E-state index contributed by atoms with van der Waals surface area (Å²) in [5.41, 5.74) is 9.13. The molecule has 4 nitrogen and oxygen atoms in total. The molecule has 0 atom stereocenters. The fourth-order valence-corrected chi connectivity index (χ4v) is 3.19. The molecule has 106 valence electrons. The van der Waals surface area contributed by atoms with E-state index in [0.717, 1.165) is 40.0 Å². The van der Waals surface area contributed by atoms with Gasteiger partial charge in [0.05, 0.1) is 0 Å². The zero-order valence-electron chi connectivity index (χ0n) is 11.6. The number of benzene rings is 1. The predicted molar refractivity (Wildman–Crippen MR) is 85.9 cm³/mol. The lowest BCUT2D eigenvalue weighted by Gasteiger charge is -2.08. The van der Waals surface area contributed by atoms with Crippen LogP contribution in [0.2, 0.25) is 0 Å². The summed E-state index contributed by atoms with van der Waals surface area (Å²) >= 11 is 3.51. The third-order valence-corrected chi connectivity index (χ3v) is 5.02. The minimum Gasteiger partial charge on any atom is -0.382 e. The molecule has 1 fully saturated rings. The van der Waals surface area contributed by atoms with E-state index in [9.17, 15) is 0 Å². The molecule has 0 spiro atoms. The zero-order chi connectivity index (χ0) is 14.3. The van der Waals surface area contributed by atoms with Gasteiger partial charge in [0.1, 0.15) is 11.5 Å². The second-order valence-corrected chi connectivity index (χ2v) is 6.37. The topological polar surface area (TPSA) is 69.9 Å². The summed E-state index contributed by atoms with van der Waals surface area (Å²) in [6.45, 7) is 2.06. The molecule has 5 heteroatoms. The van der Waals surface area contributed by atoms with Gasteiger partial charge in [-0.15, -0.1) is 0 Å².